The van der Waals surface area contributed by atoms with E-state index in [0.29, 0.717) is 22.1 Å². The molecule has 0 atom stereocenters. The van der Waals surface area contributed by atoms with E-state index in [-0.39, 0.29) is 5.91 Å². The highest BCUT2D eigenvalue weighted by Gasteiger charge is 2.11. The summed E-state index contributed by atoms with van der Waals surface area (Å²) in [4.78, 5) is 12.0. The number of nitrogen functional groups attached to an aromatic ring is 1. The van der Waals surface area contributed by atoms with Crippen LogP contribution in [0.2, 0.25) is 5.02 Å². The van der Waals surface area contributed by atoms with Gasteiger partial charge in [-0.2, -0.15) is 5.10 Å². The average Bonchev–Trinajstić information content (AvgIpc) is 2.75. The lowest BCUT2D eigenvalue weighted by molar-refractivity contribution is 0.102. The molecule has 0 saturated carbocycles. The third kappa shape index (κ3) is 2.62. The molecule has 0 aliphatic rings. The molecule has 0 radical (unpaired) electrons. The minimum atomic E-state index is -0.275. The Labute approximate surface area is 109 Å². The molecule has 0 saturated heterocycles. The summed E-state index contributed by atoms with van der Waals surface area (Å²) in [5.41, 5.74) is 7.45. The first-order chi connectivity index (χ1) is 8.60. The molecule has 1 heterocycles. The molecule has 94 valence electrons. The molecular formula is C12H13ClN4O. The van der Waals surface area contributed by atoms with E-state index in [1.165, 1.54) is 0 Å². The number of carbonyl (C=O) groups excluding carboxylic acids is 1. The van der Waals surface area contributed by atoms with E-state index in [1.807, 2.05) is 6.92 Å². The quantitative estimate of drug-likeness (QED) is 0.745. The Morgan fingerprint density at radius 2 is 2.28 bits per heavy atom. The fraction of sp³-hybridized carbons (Fsp3) is 0.167. The van der Waals surface area contributed by atoms with Crippen molar-refractivity contribution in [2.45, 2.75) is 13.3 Å². The standard InChI is InChI=1S/C12H13ClN4O/c1-2-7-6-15-17-11(7)16-12(18)8-3-9(13)5-10(14)4-8/h3-6H,2,14H2,1H3,(H2,15,16,17,18). The summed E-state index contributed by atoms with van der Waals surface area (Å²) in [6.07, 6.45) is 2.46. The van der Waals surface area contributed by atoms with Crippen molar-refractivity contribution < 1.29 is 4.79 Å². The number of H-pyrrole nitrogens is 1. The molecule has 2 rings (SSSR count). The number of nitrogens with two attached hydrogens (primary N) is 1. The lowest BCUT2D eigenvalue weighted by Crippen LogP contribution is -2.13. The molecular weight excluding hydrogens is 252 g/mol. The molecule has 0 fully saturated rings. The molecule has 0 unspecified atom stereocenters. The van der Waals surface area contributed by atoms with Crippen LogP contribution in [-0.2, 0) is 6.42 Å². The van der Waals surface area contributed by atoms with E-state index >= 15 is 0 Å². The number of nitrogens with zero attached hydrogens (tertiary/aromatic N) is 1. The zero-order valence-corrected chi connectivity index (χ0v) is 10.6. The molecule has 0 aliphatic heterocycles. The van der Waals surface area contributed by atoms with Crippen molar-refractivity contribution in [3.8, 4) is 0 Å². The highest BCUT2D eigenvalue weighted by Crippen LogP contribution is 2.18. The number of benzene rings is 1. The predicted molar refractivity (Wildman–Crippen MR) is 71.8 cm³/mol. The van der Waals surface area contributed by atoms with Gasteiger partial charge in [0.25, 0.3) is 5.91 Å². The molecule has 1 aromatic carbocycles. The topological polar surface area (TPSA) is 83.8 Å². The Kier molecular flexibility index (Phi) is 3.53. The van der Waals surface area contributed by atoms with Gasteiger partial charge in [-0.25, -0.2) is 0 Å². The maximum Gasteiger partial charge on any atom is 0.256 e. The van der Waals surface area contributed by atoms with Crippen molar-refractivity contribution in [3.05, 3.63) is 40.5 Å². The lowest BCUT2D eigenvalue weighted by atomic mass is 10.2. The van der Waals surface area contributed by atoms with Gasteiger partial charge in [-0.05, 0) is 24.6 Å². The van der Waals surface area contributed by atoms with Gasteiger partial charge < -0.3 is 11.1 Å². The summed E-state index contributed by atoms with van der Waals surface area (Å²) in [5.74, 6) is 0.323. The Bertz CT molecular complexity index is 559. The van der Waals surface area contributed by atoms with Crippen molar-refractivity contribution in [3.63, 3.8) is 0 Å². The zero-order valence-electron chi connectivity index (χ0n) is 9.83. The summed E-state index contributed by atoms with van der Waals surface area (Å²) in [7, 11) is 0. The number of amides is 1. The van der Waals surface area contributed by atoms with Gasteiger partial charge in [-0.3, -0.25) is 9.89 Å². The summed E-state index contributed by atoms with van der Waals surface area (Å²) in [6, 6.07) is 4.73. The summed E-state index contributed by atoms with van der Waals surface area (Å²) in [6.45, 7) is 1.98. The molecule has 4 N–H and O–H groups in total. The maximum absolute atomic E-state index is 12.0. The number of aromatic amines is 1. The van der Waals surface area contributed by atoms with Gasteiger partial charge in [-0.15, -0.1) is 0 Å². The third-order valence-electron chi connectivity index (χ3n) is 2.52. The molecule has 2 aromatic rings. The van der Waals surface area contributed by atoms with Gasteiger partial charge in [0, 0.05) is 21.8 Å². The van der Waals surface area contributed by atoms with Crippen LogP contribution in [0.4, 0.5) is 11.5 Å². The number of anilines is 2. The fourth-order valence-electron chi connectivity index (χ4n) is 1.62. The largest absolute Gasteiger partial charge is 0.399 e. The van der Waals surface area contributed by atoms with Gasteiger partial charge in [0.05, 0.1) is 6.20 Å². The van der Waals surface area contributed by atoms with Crippen molar-refractivity contribution in [1.82, 2.24) is 10.2 Å². The second-order valence-corrected chi connectivity index (χ2v) is 4.29. The van der Waals surface area contributed by atoms with Crippen LogP contribution >= 0.6 is 11.6 Å². The highest BCUT2D eigenvalue weighted by molar-refractivity contribution is 6.31. The number of nitrogens with one attached hydrogen (secondary N) is 2. The molecule has 5 nitrogen and oxygen atoms in total. The van der Waals surface area contributed by atoms with Crippen molar-refractivity contribution in [2.24, 2.45) is 0 Å². The van der Waals surface area contributed by atoms with E-state index in [1.54, 1.807) is 24.4 Å². The predicted octanol–water partition coefficient (Wildman–Crippen LogP) is 2.46. The Morgan fingerprint density at radius 1 is 1.50 bits per heavy atom. The van der Waals surface area contributed by atoms with Crippen LogP contribution in [0, 0.1) is 0 Å². The third-order valence-corrected chi connectivity index (χ3v) is 2.74. The highest BCUT2D eigenvalue weighted by atomic mass is 35.5. The minimum absolute atomic E-state index is 0.275. The van der Waals surface area contributed by atoms with Crippen molar-refractivity contribution in [2.75, 3.05) is 11.1 Å². The first-order valence-electron chi connectivity index (χ1n) is 5.49. The summed E-state index contributed by atoms with van der Waals surface area (Å²) < 4.78 is 0. The van der Waals surface area contributed by atoms with Crippen LogP contribution in [0.3, 0.4) is 0 Å². The van der Waals surface area contributed by atoms with E-state index in [0.717, 1.165) is 12.0 Å². The second-order valence-electron chi connectivity index (χ2n) is 3.85. The van der Waals surface area contributed by atoms with Crippen LogP contribution < -0.4 is 11.1 Å². The number of hydrogen-bond donors (Lipinski definition) is 3. The second kappa shape index (κ2) is 5.10. The normalized spacial score (nSPS) is 10.3. The van der Waals surface area contributed by atoms with Crippen molar-refractivity contribution >= 4 is 29.0 Å². The summed E-state index contributed by atoms with van der Waals surface area (Å²) in [5, 5.41) is 9.80. The molecule has 1 aromatic heterocycles. The monoisotopic (exact) mass is 264 g/mol. The summed E-state index contributed by atoms with van der Waals surface area (Å²) >= 11 is 5.85. The van der Waals surface area contributed by atoms with Gasteiger partial charge in [0.15, 0.2) is 0 Å². The molecule has 0 spiro atoms. The number of hydrogen-bond acceptors (Lipinski definition) is 3. The molecule has 1 amide bonds. The number of carbonyl (C=O) groups is 1. The van der Waals surface area contributed by atoms with Gasteiger partial charge in [-0.1, -0.05) is 18.5 Å². The van der Waals surface area contributed by atoms with Crippen LogP contribution in [0.5, 0.6) is 0 Å². The van der Waals surface area contributed by atoms with E-state index < -0.39 is 0 Å². The van der Waals surface area contributed by atoms with Gasteiger partial charge in [0.2, 0.25) is 0 Å². The van der Waals surface area contributed by atoms with Crippen LogP contribution in [0.1, 0.15) is 22.8 Å². The molecule has 6 heteroatoms. The maximum atomic E-state index is 12.0. The Balaban J connectivity index is 2.22. The fourth-order valence-corrected chi connectivity index (χ4v) is 1.86. The van der Waals surface area contributed by atoms with E-state index in [9.17, 15) is 4.79 Å². The molecule has 0 aliphatic carbocycles. The van der Waals surface area contributed by atoms with Gasteiger partial charge in [0.1, 0.15) is 5.82 Å². The SMILES string of the molecule is CCc1cn[nH]c1NC(=O)c1cc(N)cc(Cl)c1. The lowest BCUT2D eigenvalue weighted by Gasteiger charge is -2.06. The smallest absolute Gasteiger partial charge is 0.256 e. The molecule has 18 heavy (non-hydrogen) atoms. The van der Waals surface area contributed by atoms with Crippen LogP contribution in [0.25, 0.3) is 0 Å². The van der Waals surface area contributed by atoms with Crippen LogP contribution in [0.15, 0.2) is 24.4 Å². The minimum Gasteiger partial charge on any atom is -0.399 e. The van der Waals surface area contributed by atoms with E-state index in [2.05, 4.69) is 15.5 Å². The van der Waals surface area contributed by atoms with Gasteiger partial charge >= 0.3 is 0 Å². The van der Waals surface area contributed by atoms with E-state index in [4.69, 9.17) is 17.3 Å². The Morgan fingerprint density at radius 3 is 2.94 bits per heavy atom. The zero-order chi connectivity index (χ0) is 13.1. The molecule has 0 bridgehead atoms. The number of aryl methyl sites for hydroxylation is 1. The number of halogens is 1. The first kappa shape index (κ1) is 12.4. The van der Waals surface area contributed by atoms with Crippen molar-refractivity contribution in [1.29, 1.82) is 0 Å². The number of rotatable bonds is 3. The van der Waals surface area contributed by atoms with Crippen LogP contribution in [-0.4, -0.2) is 16.1 Å². The number of aromatic nitrogens is 2. The Hall–Kier alpha value is -2.01. The average molecular weight is 265 g/mol. The first-order valence-corrected chi connectivity index (χ1v) is 5.87.